The standard InChI is InChI=1S/C15H23FN2O3/c1-15(2,20)10-18(3)14(19)17-8-11-5-6-13(16)12(7-11)9-21-4/h5-7,20H,8-10H2,1-4H3,(H,17,19). The molecule has 0 aliphatic heterocycles. The van der Waals surface area contributed by atoms with Gasteiger partial charge in [0.2, 0.25) is 0 Å². The Kier molecular flexibility index (Phi) is 6.11. The van der Waals surface area contributed by atoms with Crippen molar-refractivity contribution in [2.75, 3.05) is 20.7 Å². The summed E-state index contributed by atoms with van der Waals surface area (Å²) >= 11 is 0. The molecule has 21 heavy (non-hydrogen) atoms. The smallest absolute Gasteiger partial charge is 0.317 e. The lowest BCUT2D eigenvalue weighted by molar-refractivity contribution is 0.0531. The van der Waals surface area contributed by atoms with E-state index >= 15 is 0 Å². The molecule has 0 spiro atoms. The Morgan fingerprint density at radius 3 is 2.71 bits per heavy atom. The van der Waals surface area contributed by atoms with E-state index in [4.69, 9.17) is 4.74 Å². The molecule has 0 heterocycles. The molecule has 118 valence electrons. The van der Waals surface area contributed by atoms with E-state index in [0.29, 0.717) is 5.56 Å². The van der Waals surface area contributed by atoms with Crippen LogP contribution in [0.1, 0.15) is 25.0 Å². The van der Waals surface area contributed by atoms with Crippen molar-refractivity contribution in [2.45, 2.75) is 32.6 Å². The normalized spacial score (nSPS) is 11.3. The third-order valence-corrected chi connectivity index (χ3v) is 2.82. The van der Waals surface area contributed by atoms with Gasteiger partial charge in [0.1, 0.15) is 5.82 Å². The minimum atomic E-state index is -0.951. The summed E-state index contributed by atoms with van der Waals surface area (Å²) in [6.45, 7) is 3.96. The van der Waals surface area contributed by atoms with Gasteiger partial charge in [-0.3, -0.25) is 0 Å². The molecule has 0 saturated heterocycles. The van der Waals surface area contributed by atoms with E-state index in [1.54, 1.807) is 33.0 Å². The second-order valence-corrected chi connectivity index (χ2v) is 5.69. The predicted molar refractivity (Wildman–Crippen MR) is 78.3 cm³/mol. The number of rotatable bonds is 6. The van der Waals surface area contributed by atoms with Crippen LogP contribution in [0.4, 0.5) is 9.18 Å². The van der Waals surface area contributed by atoms with E-state index in [9.17, 15) is 14.3 Å². The van der Waals surface area contributed by atoms with Crippen LogP contribution < -0.4 is 5.32 Å². The van der Waals surface area contributed by atoms with Crippen molar-refractivity contribution < 1.29 is 19.0 Å². The van der Waals surface area contributed by atoms with Gasteiger partial charge < -0.3 is 20.1 Å². The molecular weight excluding hydrogens is 275 g/mol. The lowest BCUT2D eigenvalue weighted by Crippen LogP contribution is -2.44. The number of carbonyl (C=O) groups excluding carboxylic acids is 1. The highest BCUT2D eigenvalue weighted by Gasteiger charge is 2.19. The molecular formula is C15H23FN2O3. The monoisotopic (exact) mass is 298 g/mol. The van der Waals surface area contributed by atoms with Gasteiger partial charge >= 0.3 is 6.03 Å². The first-order valence-electron chi connectivity index (χ1n) is 6.70. The summed E-state index contributed by atoms with van der Waals surface area (Å²) in [5, 5.41) is 12.4. The first-order valence-corrected chi connectivity index (χ1v) is 6.70. The summed E-state index contributed by atoms with van der Waals surface area (Å²) in [7, 11) is 3.10. The van der Waals surface area contributed by atoms with E-state index in [2.05, 4.69) is 5.32 Å². The molecule has 0 aliphatic rings. The molecule has 1 aromatic rings. The van der Waals surface area contributed by atoms with Crippen LogP contribution in [0.15, 0.2) is 18.2 Å². The SMILES string of the molecule is COCc1cc(CNC(=O)N(C)CC(C)(C)O)ccc1F. The zero-order valence-electron chi connectivity index (χ0n) is 12.9. The summed E-state index contributed by atoms with van der Waals surface area (Å²) in [5.41, 5.74) is 0.288. The fourth-order valence-corrected chi connectivity index (χ4v) is 1.97. The summed E-state index contributed by atoms with van der Waals surface area (Å²) < 4.78 is 18.4. The van der Waals surface area contributed by atoms with Gasteiger partial charge in [-0.1, -0.05) is 6.07 Å². The van der Waals surface area contributed by atoms with Crippen molar-refractivity contribution in [3.8, 4) is 0 Å². The number of carbonyl (C=O) groups is 1. The van der Waals surface area contributed by atoms with Gasteiger partial charge in [-0.25, -0.2) is 9.18 Å². The van der Waals surface area contributed by atoms with Crippen molar-refractivity contribution in [3.63, 3.8) is 0 Å². The number of hydrogen-bond donors (Lipinski definition) is 2. The molecule has 0 saturated carbocycles. The third kappa shape index (κ3) is 6.10. The van der Waals surface area contributed by atoms with E-state index in [-0.39, 0.29) is 31.5 Å². The number of hydrogen-bond acceptors (Lipinski definition) is 3. The van der Waals surface area contributed by atoms with Gasteiger partial charge in [-0.05, 0) is 31.5 Å². The highest BCUT2D eigenvalue weighted by Crippen LogP contribution is 2.12. The maximum Gasteiger partial charge on any atom is 0.317 e. The first-order chi connectivity index (χ1) is 9.73. The Morgan fingerprint density at radius 2 is 2.14 bits per heavy atom. The highest BCUT2D eigenvalue weighted by atomic mass is 19.1. The van der Waals surface area contributed by atoms with Crippen molar-refractivity contribution in [3.05, 3.63) is 35.1 Å². The number of methoxy groups -OCH3 is 1. The van der Waals surface area contributed by atoms with Gasteiger partial charge in [-0.2, -0.15) is 0 Å². The lowest BCUT2D eigenvalue weighted by atomic mass is 10.1. The van der Waals surface area contributed by atoms with Crippen LogP contribution in [0, 0.1) is 5.82 Å². The predicted octanol–water partition coefficient (Wildman–Crippen LogP) is 1.88. The van der Waals surface area contributed by atoms with Gasteiger partial charge in [0.15, 0.2) is 0 Å². The molecule has 0 atom stereocenters. The molecule has 1 rings (SSSR count). The molecule has 0 aromatic heterocycles. The number of amides is 2. The number of aliphatic hydroxyl groups is 1. The average molecular weight is 298 g/mol. The van der Waals surface area contributed by atoms with E-state index < -0.39 is 5.60 Å². The van der Waals surface area contributed by atoms with Crippen LogP contribution in [-0.2, 0) is 17.9 Å². The molecule has 0 fully saturated rings. The third-order valence-electron chi connectivity index (χ3n) is 2.82. The number of ether oxygens (including phenoxy) is 1. The summed E-state index contributed by atoms with van der Waals surface area (Å²) in [6, 6.07) is 4.34. The van der Waals surface area contributed by atoms with Crippen LogP contribution in [0.25, 0.3) is 0 Å². The van der Waals surface area contributed by atoms with Gasteiger partial charge in [0.05, 0.1) is 18.8 Å². The minimum absolute atomic E-state index is 0.187. The maximum atomic E-state index is 13.5. The molecule has 0 bridgehead atoms. The number of urea groups is 1. The lowest BCUT2D eigenvalue weighted by Gasteiger charge is -2.25. The Labute approximate surface area is 124 Å². The van der Waals surface area contributed by atoms with Gasteiger partial charge in [0.25, 0.3) is 0 Å². The zero-order valence-corrected chi connectivity index (χ0v) is 12.9. The number of benzene rings is 1. The molecule has 5 nitrogen and oxygen atoms in total. The second-order valence-electron chi connectivity index (χ2n) is 5.69. The summed E-state index contributed by atoms with van der Waals surface area (Å²) in [4.78, 5) is 13.3. The summed E-state index contributed by atoms with van der Waals surface area (Å²) in [5.74, 6) is -0.328. The minimum Gasteiger partial charge on any atom is -0.389 e. The van der Waals surface area contributed by atoms with Gasteiger partial charge in [0, 0.05) is 26.3 Å². The van der Waals surface area contributed by atoms with Crippen LogP contribution >= 0.6 is 0 Å². The quantitative estimate of drug-likeness (QED) is 0.843. The Bertz CT molecular complexity index is 486. The van der Waals surface area contributed by atoms with Crippen molar-refractivity contribution in [1.82, 2.24) is 10.2 Å². The Hall–Kier alpha value is -1.66. The molecule has 0 radical (unpaired) electrons. The molecule has 2 amide bonds. The molecule has 0 aliphatic carbocycles. The van der Waals surface area contributed by atoms with Crippen molar-refractivity contribution in [2.24, 2.45) is 0 Å². The number of halogens is 1. The average Bonchev–Trinajstić information content (AvgIpc) is 2.37. The van der Waals surface area contributed by atoms with Crippen molar-refractivity contribution >= 4 is 6.03 Å². The second kappa shape index (κ2) is 7.38. The van der Waals surface area contributed by atoms with Crippen LogP contribution in [0.3, 0.4) is 0 Å². The molecule has 0 unspecified atom stereocenters. The fraction of sp³-hybridized carbons (Fsp3) is 0.533. The van der Waals surface area contributed by atoms with Crippen LogP contribution in [-0.4, -0.2) is 42.3 Å². The van der Waals surface area contributed by atoms with Gasteiger partial charge in [-0.15, -0.1) is 0 Å². The zero-order chi connectivity index (χ0) is 16.0. The molecule has 1 aromatic carbocycles. The van der Waals surface area contributed by atoms with E-state index in [0.717, 1.165) is 5.56 Å². The van der Waals surface area contributed by atoms with E-state index in [1.807, 2.05) is 0 Å². The number of nitrogens with zero attached hydrogens (tertiary/aromatic N) is 1. The van der Waals surface area contributed by atoms with Crippen LogP contribution in [0.5, 0.6) is 0 Å². The number of likely N-dealkylation sites (N-methyl/N-ethyl adjacent to an activating group) is 1. The maximum absolute atomic E-state index is 13.5. The molecule has 6 heteroatoms. The largest absolute Gasteiger partial charge is 0.389 e. The molecule has 2 N–H and O–H groups in total. The Morgan fingerprint density at radius 1 is 1.48 bits per heavy atom. The number of nitrogens with one attached hydrogen (secondary N) is 1. The first kappa shape index (κ1) is 17.4. The topological polar surface area (TPSA) is 61.8 Å². The Balaban J connectivity index is 2.59. The van der Waals surface area contributed by atoms with Crippen molar-refractivity contribution in [1.29, 1.82) is 0 Å². The summed E-state index contributed by atoms with van der Waals surface area (Å²) in [6.07, 6.45) is 0. The highest BCUT2D eigenvalue weighted by molar-refractivity contribution is 5.73. The fourth-order valence-electron chi connectivity index (χ4n) is 1.97. The van der Waals surface area contributed by atoms with E-state index in [1.165, 1.54) is 18.1 Å². The van der Waals surface area contributed by atoms with Crippen LogP contribution in [0.2, 0.25) is 0 Å².